The van der Waals surface area contributed by atoms with Crippen molar-refractivity contribution >= 4 is 11.8 Å². The van der Waals surface area contributed by atoms with Gasteiger partial charge >= 0.3 is 0 Å². The highest BCUT2D eigenvalue weighted by molar-refractivity contribution is 5.94. The Morgan fingerprint density at radius 3 is 2.48 bits per heavy atom. The second-order valence-electron chi connectivity index (χ2n) is 6.79. The SMILES string of the molecule is C=CCNC(=O)C1CC(c2ccccc2)CN(C(=O)c2ccc(F)cc2)C1. The smallest absolute Gasteiger partial charge is 0.253 e. The van der Waals surface area contributed by atoms with Crippen LogP contribution >= 0.6 is 0 Å². The van der Waals surface area contributed by atoms with E-state index in [4.69, 9.17) is 0 Å². The lowest BCUT2D eigenvalue weighted by Gasteiger charge is -2.37. The van der Waals surface area contributed by atoms with Crippen LogP contribution in [-0.4, -0.2) is 36.3 Å². The summed E-state index contributed by atoms with van der Waals surface area (Å²) in [7, 11) is 0. The van der Waals surface area contributed by atoms with E-state index < -0.39 is 0 Å². The molecule has 1 saturated heterocycles. The Bertz CT molecular complexity index is 805. The molecule has 1 heterocycles. The van der Waals surface area contributed by atoms with Crippen molar-refractivity contribution in [3.05, 3.63) is 84.2 Å². The number of nitrogens with zero attached hydrogens (tertiary/aromatic N) is 1. The fourth-order valence-corrected chi connectivity index (χ4v) is 3.51. The summed E-state index contributed by atoms with van der Waals surface area (Å²) in [6.07, 6.45) is 2.32. The summed E-state index contributed by atoms with van der Waals surface area (Å²) in [6, 6.07) is 15.4. The van der Waals surface area contributed by atoms with E-state index in [1.807, 2.05) is 30.3 Å². The van der Waals surface area contributed by atoms with Crippen LogP contribution in [0.2, 0.25) is 0 Å². The summed E-state index contributed by atoms with van der Waals surface area (Å²) in [5, 5.41) is 2.84. The Kier molecular flexibility index (Phi) is 6.01. The third kappa shape index (κ3) is 4.61. The Morgan fingerprint density at radius 1 is 1.11 bits per heavy atom. The van der Waals surface area contributed by atoms with Crippen LogP contribution in [0.5, 0.6) is 0 Å². The number of likely N-dealkylation sites (tertiary alicyclic amines) is 1. The molecular weight excluding hydrogens is 343 g/mol. The maximum Gasteiger partial charge on any atom is 0.253 e. The third-order valence-electron chi connectivity index (χ3n) is 4.89. The molecule has 1 aliphatic rings. The van der Waals surface area contributed by atoms with Gasteiger partial charge in [0.05, 0.1) is 5.92 Å². The lowest BCUT2D eigenvalue weighted by Crippen LogP contribution is -2.48. The zero-order valence-electron chi connectivity index (χ0n) is 15.1. The van der Waals surface area contributed by atoms with Crippen LogP contribution in [0.3, 0.4) is 0 Å². The minimum Gasteiger partial charge on any atom is -0.352 e. The van der Waals surface area contributed by atoms with Crippen molar-refractivity contribution in [1.82, 2.24) is 10.2 Å². The first kappa shape index (κ1) is 18.8. The molecule has 0 radical (unpaired) electrons. The summed E-state index contributed by atoms with van der Waals surface area (Å²) in [5.74, 6) is -0.865. The van der Waals surface area contributed by atoms with Crippen LogP contribution in [0.1, 0.15) is 28.3 Å². The zero-order chi connectivity index (χ0) is 19.2. The molecule has 0 bridgehead atoms. The lowest BCUT2D eigenvalue weighted by molar-refractivity contribution is -0.126. The van der Waals surface area contributed by atoms with Crippen molar-refractivity contribution in [2.45, 2.75) is 12.3 Å². The highest BCUT2D eigenvalue weighted by Gasteiger charge is 2.34. The molecule has 2 aromatic rings. The van der Waals surface area contributed by atoms with Gasteiger partial charge in [0.2, 0.25) is 5.91 Å². The van der Waals surface area contributed by atoms with E-state index in [9.17, 15) is 14.0 Å². The highest BCUT2D eigenvalue weighted by atomic mass is 19.1. The van der Waals surface area contributed by atoms with Crippen LogP contribution in [-0.2, 0) is 4.79 Å². The molecule has 5 heteroatoms. The van der Waals surface area contributed by atoms with Crippen LogP contribution in [0.4, 0.5) is 4.39 Å². The number of benzene rings is 2. The summed E-state index contributed by atoms with van der Waals surface area (Å²) < 4.78 is 13.2. The first-order valence-corrected chi connectivity index (χ1v) is 9.07. The number of piperidine rings is 1. The van der Waals surface area contributed by atoms with Crippen molar-refractivity contribution in [2.24, 2.45) is 5.92 Å². The van der Waals surface area contributed by atoms with Gasteiger partial charge in [0.15, 0.2) is 0 Å². The average molecular weight is 366 g/mol. The molecule has 4 nitrogen and oxygen atoms in total. The molecule has 0 aromatic heterocycles. The molecule has 2 aromatic carbocycles. The molecule has 1 aliphatic heterocycles. The standard InChI is InChI=1S/C22H23FN2O2/c1-2-12-24-21(26)19-13-18(16-6-4-3-5-7-16)14-25(15-19)22(27)17-8-10-20(23)11-9-17/h2-11,18-19H,1,12-15H2,(H,24,26). The molecule has 140 valence electrons. The Labute approximate surface area is 158 Å². The van der Waals surface area contributed by atoms with E-state index in [-0.39, 0.29) is 29.5 Å². The highest BCUT2D eigenvalue weighted by Crippen LogP contribution is 2.31. The quantitative estimate of drug-likeness (QED) is 0.825. The predicted octanol–water partition coefficient (Wildman–Crippen LogP) is 3.37. The second-order valence-corrected chi connectivity index (χ2v) is 6.79. The predicted molar refractivity (Wildman–Crippen MR) is 103 cm³/mol. The van der Waals surface area contributed by atoms with Gasteiger partial charge in [0, 0.05) is 31.1 Å². The number of rotatable bonds is 5. The van der Waals surface area contributed by atoms with Gasteiger partial charge in [-0.15, -0.1) is 6.58 Å². The van der Waals surface area contributed by atoms with Crippen LogP contribution in [0.25, 0.3) is 0 Å². The number of carbonyl (C=O) groups excluding carboxylic acids is 2. The largest absolute Gasteiger partial charge is 0.352 e. The first-order chi connectivity index (χ1) is 13.1. The van der Waals surface area contributed by atoms with Crippen molar-refractivity contribution in [3.8, 4) is 0 Å². The average Bonchev–Trinajstić information content (AvgIpc) is 2.72. The molecule has 3 rings (SSSR count). The monoisotopic (exact) mass is 366 g/mol. The van der Waals surface area contributed by atoms with E-state index in [2.05, 4.69) is 11.9 Å². The fourth-order valence-electron chi connectivity index (χ4n) is 3.51. The normalized spacial score (nSPS) is 19.4. The van der Waals surface area contributed by atoms with Crippen LogP contribution in [0.15, 0.2) is 67.3 Å². The molecule has 0 aliphatic carbocycles. The van der Waals surface area contributed by atoms with Crippen LogP contribution in [0, 0.1) is 11.7 Å². The topological polar surface area (TPSA) is 49.4 Å². The summed E-state index contributed by atoms with van der Waals surface area (Å²) in [6.45, 7) is 4.90. The summed E-state index contributed by atoms with van der Waals surface area (Å²) in [4.78, 5) is 27.2. The number of halogens is 1. The molecule has 2 amide bonds. The van der Waals surface area contributed by atoms with Crippen molar-refractivity contribution in [1.29, 1.82) is 0 Å². The number of nitrogens with one attached hydrogen (secondary N) is 1. The zero-order valence-corrected chi connectivity index (χ0v) is 15.1. The van der Waals surface area contributed by atoms with Crippen molar-refractivity contribution in [3.63, 3.8) is 0 Å². The second kappa shape index (κ2) is 8.62. The van der Waals surface area contributed by atoms with Crippen molar-refractivity contribution in [2.75, 3.05) is 19.6 Å². The van der Waals surface area contributed by atoms with Gasteiger partial charge in [-0.25, -0.2) is 4.39 Å². The maximum atomic E-state index is 13.2. The molecule has 27 heavy (non-hydrogen) atoms. The number of carbonyl (C=O) groups is 2. The Morgan fingerprint density at radius 2 is 1.81 bits per heavy atom. The molecule has 2 unspecified atom stereocenters. The lowest BCUT2D eigenvalue weighted by atomic mass is 9.83. The Balaban J connectivity index is 1.83. The number of hydrogen-bond acceptors (Lipinski definition) is 2. The van der Waals surface area contributed by atoms with E-state index in [1.54, 1.807) is 11.0 Å². The van der Waals surface area contributed by atoms with Crippen LogP contribution < -0.4 is 5.32 Å². The minimum absolute atomic E-state index is 0.0730. The van der Waals surface area contributed by atoms with Crippen molar-refractivity contribution < 1.29 is 14.0 Å². The van der Waals surface area contributed by atoms with E-state index in [1.165, 1.54) is 24.3 Å². The van der Waals surface area contributed by atoms with E-state index in [0.717, 1.165) is 5.56 Å². The Hall–Kier alpha value is -2.95. The maximum absolute atomic E-state index is 13.2. The van der Waals surface area contributed by atoms with Gasteiger partial charge in [-0.3, -0.25) is 9.59 Å². The number of amides is 2. The minimum atomic E-state index is -0.381. The molecule has 0 spiro atoms. The summed E-state index contributed by atoms with van der Waals surface area (Å²) >= 11 is 0. The molecule has 1 fully saturated rings. The van der Waals surface area contributed by atoms with E-state index in [0.29, 0.717) is 31.6 Å². The molecule has 0 saturated carbocycles. The third-order valence-corrected chi connectivity index (χ3v) is 4.89. The molecule has 1 N–H and O–H groups in total. The van der Waals surface area contributed by atoms with Gasteiger partial charge in [0.25, 0.3) is 5.91 Å². The molecule has 2 atom stereocenters. The molecular formula is C22H23FN2O2. The van der Waals surface area contributed by atoms with E-state index >= 15 is 0 Å². The van der Waals surface area contributed by atoms with Gasteiger partial charge in [-0.1, -0.05) is 36.4 Å². The first-order valence-electron chi connectivity index (χ1n) is 9.07. The van der Waals surface area contributed by atoms with Gasteiger partial charge in [-0.2, -0.15) is 0 Å². The van der Waals surface area contributed by atoms with Gasteiger partial charge in [-0.05, 0) is 36.2 Å². The fraction of sp³-hybridized carbons (Fsp3) is 0.273. The van der Waals surface area contributed by atoms with Gasteiger partial charge < -0.3 is 10.2 Å². The number of hydrogen-bond donors (Lipinski definition) is 1. The van der Waals surface area contributed by atoms with Gasteiger partial charge in [0.1, 0.15) is 5.82 Å². The summed E-state index contributed by atoms with van der Waals surface area (Å²) in [5.41, 5.74) is 1.53.